The molecule has 0 spiro atoms. The molecule has 137 heavy (non-hydrogen) atoms. The molecule has 0 aliphatic carbocycles. The number of para-hydroxylation sites is 3. The van der Waals surface area contributed by atoms with Gasteiger partial charge < -0.3 is 131 Å². The number of aliphatic carboxylic acids is 2. The number of aldehydes is 1. The van der Waals surface area contributed by atoms with Gasteiger partial charge in [-0.3, -0.25) is 24.0 Å². The Labute approximate surface area is 842 Å². The van der Waals surface area contributed by atoms with Crippen molar-refractivity contribution < 1.29 is 169 Å². The number of carboxylic acids is 2. The second-order valence-electron chi connectivity index (χ2n) is 34.5. The summed E-state index contributed by atoms with van der Waals surface area (Å²) in [6.07, 6.45) is 12.4. The van der Waals surface area contributed by atoms with Crippen molar-refractivity contribution in [1.82, 2.24) is 37.0 Å². The van der Waals surface area contributed by atoms with E-state index in [0.29, 0.717) is 63.1 Å². The Morgan fingerprint density at radius 1 is 0.496 bits per heavy atom. The van der Waals surface area contributed by atoms with E-state index in [1.165, 1.54) is 51.3 Å². The Hall–Kier alpha value is -10.6. The summed E-state index contributed by atoms with van der Waals surface area (Å²) in [4.78, 5) is 153. The van der Waals surface area contributed by atoms with Gasteiger partial charge >= 0.3 is 88.1 Å². The average Bonchev–Trinajstić information content (AvgIpc) is 0.874. The largest absolute Gasteiger partial charge is 1.00 e. The number of unbranched alkanes of at least 4 members (excludes halogenated alkanes) is 2. The van der Waals surface area contributed by atoms with E-state index in [1.807, 2.05) is 39.5 Å². The zero-order valence-electron chi connectivity index (χ0n) is 84.3. The van der Waals surface area contributed by atoms with E-state index in [4.69, 9.17) is 58.2 Å². The van der Waals surface area contributed by atoms with Crippen LogP contribution < -0.4 is 84.9 Å². The normalized spacial score (nSPS) is 12.7. The molecule has 0 aromatic heterocycles. The molecule has 0 bridgehead atoms. The van der Waals surface area contributed by atoms with Gasteiger partial charge in [0.2, 0.25) is 11.8 Å². The SMILES string of the molecule is C1CCOC1.C=CCC(C=O)NC(=O)OC(C)(C)C.C=CCC(NC(=O)OC(C)(C)C)C(=O)N(C)OC.C=CCC(NC(=O)OC(C)(C)C)C(=O)O.C=CCC(NC(=O)OC(C)(C)C)C(O)C#N.C=CCC(NC(=O)OC(C)(C)C)C(O)C(=O)O.C=CCCCC(=O)Nc1ccccc1NC(=O)C(O)C(CC=C)NC(=O)OC(C)(C)C.C=CCCCC(=O)Nc1ccccc1[NH3+].O=BP.[AlH3].[Cl-].[H-].[Li+]. The molecule has 10 atom stereocenters. The van der Waals surface area contributed by atoms with Crippen LogP contribution >= 0.6 is 9.12 Å². The average molecular weight is 1990 g/mol. The Morgan fingerprint density at radius 2 is 0.803 bits per heavy atom. The molecular weight excluding hydrogens is 1830 g/mol. The standard InChI is InChI=1S/C23H33N3O5.C12H22N2O4.C12H16N2O.C11H18N2O3.C11H19NO5.C10H17NO4.C10H17NO3.C4H8O.Al.BH2OP.ClH.Li.4H/c1-6-8-9-15-19(27)24-16-13-10-11-14-17(16)25-21(29)20(28)18(12-7-2)26-22(30)31-23(3,4)5;1-7-8-9(10(15)14(5)17-6)13-11(16)18-12(2,3)4;1-2-3-4-9-12(15)14-11-8-6-5-7-10(11)13;1-5-6-8(9(14)7-12)13-10(15)16-11(2,3)4;1-5-6-7(8(13)9(14)15)12-10(16)17-11(2,3)4;1-5-6-7(8(12)13)11-9(14)15-10(2,3)4;1-5-6-8(7-12)11-9(13)14-10(2,3)4;1-2-4-5-3-1;;2-1-3;;;;;;/h6-7,10-11,13-14,18,20,28H,1-2,8-9,12,15H2,3-5H3,(H,24,27)(H,25,29)(H,26,30);7,9H,1,8H2,2-6H3,(H,13,16);2,5-8H,1,3-4,9,13H2,(H,14,15);5,8-9,14H,1,6H2,2-4H3,(H,13,15);5,7-8,13H,1,6H2,2-4H3,(H,12,16)(H,14,15);5,7H,1,6H2,2-4H3,(H,11,14)(H,12,13);5,7-8H,1,6H2,2-4H3,(H,11,13);1-4H2;;3H2;1H;;;;;/q;;;;;;;;;;;+1;;;;-1. The van der Waals surface area contributed by atoms with Crippen molar-refractivity contribution in [1.29, 1.82) is 5.26 Å². The van der Waals surface area contributed by atoms with Crippen molar-refractivity contribution in [3.8, 4) is 6.07 Å². The molecule has 1 aliphatic heterocycles. The monoisotopic (exact) mass is 1990 g/mol. The van der Waals surface area contributed by atoms with Crippen molar-refractivity contribution in [2.75, 3.05) is 43.3 Å². The number of carbonyl (C=O) groups is 13. The number of hydrogen-bond acceptors (Lipinski definition) is 26. The van der Waals surface area contributed by atoms with Crippen LogP contribution in [0.4, 0.5) is 51.5 Å². The quantitative estimate of drug-likeness (QED) is 0.00529. The number of benzene rings is 2. The summed E-state index contributed by atoms with van der Waals surface area (Å²) in [5, 5.41) is 78.7. The van der Waals surface area contributed by atoms with Gasteiger partial charge in [0.15, 0.2) is 41.4 Å². The molecule has 0 radical (unpaired) electrons. The molecule has 10 amide bonds. The van der Waals surface area contributed by atoms with Gasteiger partial charge in [-0.25, -0.2) is 43.4 Å². The van der Waals surface area contributed by atoms with Crippen molar-refractivity contribution in [3.63, 3.8) is 0 Å². The van der Waals surface area contributed by atoms with Gasteiger partial charge in [0.1, 0.15) is 57.7 Å². The number of aliphatic hydroxyl groups is 3. The number of rotatable bonds is 38. The number of quaternary nitrogens is 1. The van der Waals surface area contributed by atoms with Crippen LogP contribution in [0.3, 0.4) is 0 Å². The summed E-state index contributed by atoms with van der Waals surface area (Å²) in [7, 11) is 4.74. The summed E-state index contributed by atoms with van der Waals surface area (Å²) in [6.45, 7) is 61.9. The number of nitrogens with one attached hydrogen (secondary N) is 9. The number of anilines is 3. The molecule has 1 aliphatic rings. The van der Waals surface area contributed by atoms with Crippen LogP contribution in [0.2, 0.25) is 0 Å². The second-order valence-corrected chi connectivity index (χ2v) is 34.7. The van der Waals surface area contributed by atoms with Gasteiger partial charge in [0.25, 0.3) is 11.8 Å². The first-order valence-corrected chi connectivity index (χ1v) is 43.4. The molecule has 1 saturated heterocycles. The number of carbonyl (C=O) groups excluding carboxylic acids is 11. The van der Waals surface area contributed by atoms with Crippen LogP contribution in [-0.2, 0) is 76.3 Å². The molecule has 17 N–H and O–H groups in total. The number of hydroxylamine groups is 2. The Bertz CT molecular complexity index is 4020. The number of nitriles is 1. The van der Waals surface area contributed by atoms with Gasteiger partial charge in [-0.2, -0.15) is 5.26 Å². The van der Waals surface area contributed by atoms with E-state index in [-0.39, 0.29) is 87.0 Å². The van der Waals surface area contributed by atoms with Gasteiger partial charge in [-0.15, -0.1) is 52.6 Å². The van der Waals surface area contributed by atoms with Crippen LogP contribution in [0.5, 0.6) is 0 Å². The van der Waals surface area contributed by atoms with E-state index in [1.54, 1.807) is 173 Å². The fourth-order valence-electron chi connectivity index (χ4n) is 9.23. The summed E-state index contributed by atoms with van der Waals surface area (Å²) in [6, 6.07) is 10.9. The third-order valence-corrected chi connectivity index (χ3v) is 15.0. The van der Waals surface area contributed by atoms with Crippen molar-refractivity contribution in [3.05, 3.63) is 150 Å². The Kier molecular flexibility index (Phi) is 84.6. The van der Waals surface area contributed by atoms with E-state index >= 15 is 0 Å². The smallest absolute Gasteiger partial charge is 1.00 e. The van der Waals surface area contributed by atoms with Crippen LogP contribution in [0, 0.1) is 11.3 Å². The maximum atomic E-state index is 12.6. The molecule has 2 aromatic carbocycles. The Morgan fingerprint density at radius 3 is 1.11 bits per heavy atom. The summed E-state index contributed by atoms with van der Waals surface area (Å²) in [5.41, 5.74) is 2.40. The number of nitrogens with zero attached hydrogens (tertiary/aromatic N) is 2. The van der Waals surface area contributed by atoms with Crippen molar-refractivity contribution in [2.24, 2.45) is 0 Å². The number of aliphatic hydroxyl groups excluding tert-OH is 3. The molecular formula is C93H157AlBClLiN12O27P. The summed E-state index contributed by atoms with van der Waals surface area (Å²) >= 11 is 0. The first-order valence-electron chi connectivity index (χ1n) is 42.7. The minimum Gasteiger partial charge on any atom is -1.00 e. The first kappa shape index (κ1) is 144. The molecule has 770 valence electrons. The predicted molar refractivity (Wildman–Crippen MR) is 529 cm³/mol. The van der Waals surface area contributed by atoms with E-state index < -0.39 is 143 Å². The van der Waals surface area contributed by atoms with Crippen molar-refractivity contribution >= 4 is 135 Å². The molecule has 2 aromatic rings. The molecule has 3 rings (SSSR count). The van der Waals surface area contributed by atoms with E-state index in [9.17, 15) is 77.6 Å². The van der Waals surface area contributed by atoms with Crippen LogP contribution in [-0.4, -0.2) is 249 Å². The second kappa shape index (κ2) is 80.4. The number of likely N-dealkylation sites (N-methyl/N-ethyl adjacent to an activating group) is 1. The number of ether oxygens (including phenoxy) is 7. The van der Waals surface area contributed by atoms with Crippen LogP contribution in [0.25, 0.3) is 0 Å². The molecule has 10 unspecified atom stereocenters. The van der Waals surface area contributed by atoms with Gasteiger partial charge in [0.05, 0.1) is 48.7 Å². The van der Waals surface area contributed by atoms with Gasteiger partial charge in [0, 0.05) is 39.2 Å². The summed E-state index contributed by atoms with van der Waals surface area (Å²) < 4.78 is 43.8. The van der Waals surface area contributed by atoms with Crippen LogP contribution in [0.15, 0.2) is 150 Å². The number of halogens is 1. The molecule has 1 heterocycles. The van der Waals surface area contributed by atoms with E-state index in [2.05, 4.69) is 106 Å². The van der Waals surface area contributed by atoms with Gasteiger partial charge in [-0.1, -0.05) is 72.9 Å². The van der Waals surface area contributed by atoms with Crippen molar-refractivity contribution in [2.45, 2.75) is 303 Å². The maximum Gasteiger partial charge on any atom is 1.00 e. The predicted octanol–water partition coefficient (Wildman–Crippen LogP) is 6.08. The minimum atomic E-state index is -1.69. The first-order chi connectivity index (χ1) is 62.0. The fraction of sp³-hybridized carbons (Fsp3) is 0.548. The zero-order valence-corrected chi connectivity index (χ0v) is 85.2. The van der Waals surface area contributed by atoms with Crippen LogP contribution in [0.1, 0.15) is 216 Å². The molecule has 39 nitrogen and oxygen atoms in total. The minimum absolute atomic E-state index is 0. The number of allylic oxidation sites excluding steroid dienone is 2. The number of carboxylic acid groups (broad SMARTS) is 2. The molecule has 1 fully saturated rings. The third kappa shape index (κ3) is 86.7. The topological polar surface area (TPSA) is 577 Å². The fourth-order valence-corrected chi connectivity index (χ4v) is 9.23. The number of hydrogen-bond donors (Lipinski definition) is 15. The number of amides is 10. The summed E-state index contributed by atoms with van der Waals surface area (Å²) in [5.74, 6) is -3.79. The Balaban J connectivity index is -0.000000173. The molecule has 44 heteroatoms. The van der Waals surface area contributed by atoms with E-state index in [0.717, 1.165) is 48.9 Å². The van der Waals surface area contributed by atoms with Gasteiger partial charge in [-0.05, 0) is 220 Å². The molecule has 0 saturated carbocycles. The number of alkyl carbamates (subject to hydrolysis) is 6. The maximum absolute atomic E-state index is 12.6. The third-order valence-electron chi connectivity index (χ3n) is 15.0. The zero-order chi connectivity index (χ0) is 105.